The van der Waals surface area contributed by atoms with E-state index in [9.17, 15) is 0 Å². The lowest BCUT2D eigenvalue weighted by Gasteiger charge is -2.19. The number of nitrogens with zero attached hydrogens (tertiary/aromatic N) is 2. The molecule has 2 heterocycles. The Bertz CT molecular complexity index is 581. The van der Waals surface area contributed by atoms with Gasteiger partial charge < -0.3 is 9.84 Å². The molecule has 1 saturated heterocycles. The molecule has 1 aromatic heterocycles. The van der Waals surface area contributed by atoms with E-state index in [1.165, 1.54) is 0 Å². The van der Waals surface area contributed by atoms with Crippen LogP contribution < -0.4 is 5.32 Å². The number of halogens is 2. The maximum Gasteiger partial charge on any atom is 0.257 e. The molecule has 1 aromatic carbocycles. The maximum atomic E-state index is 6.07. The van der Waals surface area contributed by atoms with Crippen LogP contribution in [0.5, 0.6) is 0 Å². The standard InChI is InChI=1S/C13H13BrClN3O/c14-10-4-3-8(6-11(10)15)13-17-12(18-19-13)9-2-1-5-16-7-9/h3-4,6,9,16H,1-2,5,7H2. The fourth-order valence-electron chi connectivity index (χ4n) is 2.22. The van der Waals surface area contributed by atoms with Crippen molar-refractivity contribution in [2.75, 3.05) is 13.1 Å². The number of piperidine rings is 1. The van der Waals surface area contributed by atoms with Crippen LogP contribution in [0.1, 0.15) is 24.6 Å². The minimum atomic E-state index is 0.345. The molecule has 1 aliphatic heterocycles. The molecule has 1 fully saturated rings. The predicted octanol–water partition coefficient (Wildman–Crippen LogP) is 3.62. The SMILES string of the molecule is Clc1cc(-c2nc(C3CCCNC3)no2)ccc1Br. The van der Waals surface area contributed by atoms with Crippen LogP contribution >= 0.6 is 27.5 Å². The van der Waals surface area contributed by atoms with Gasteiger partial charge in [0.1, 0.15) is 0 Å². The molecule has 6 heteroatoms. The van der Waals surface area contributed by atoms with Crippen molar-refractivity contribution < 1.29 is 4.52 Å². The second-order valence-corrected chi connectivity index (χ2v) is 5.89. The highest BCUT2D eigenvalue weighted by molar-refractivity contribution is 9.10. The lowest BCUT2D eigenvalue weighted by atomic mass is 9.99. The molecule has 3 rings (SSSR count). The molecule has 2 aromatic rings. The molecule has 1 N–H and O–H groups in total. The Kier molecular flexibility index (Phi) is 3.86. The molecule has 4 nitrogen and oxygen atoms in total. The van der Waals surface area contributed by atoms with Crippen molar-refractivity contribution in [3.8, 4) is 11.5 Å². The van der Waals surface area contributed by atoms with Crippen molar-refractivity contribution in [1.82, 2.24) is 15.5 Å². The molecule has 1 aliphatic rings. The number of rotatable bonds is 2. The minimum absolute atomic E-state index is 0.345. The first-order valence-corrected chi connectivity index (χ1v) is 7.41. The summed E-state index contributed by atoms with van der Waals surface area (Å²) in [5, 5.41) is 8.07. The van der Waals surface area contributed by atoms with Gasteiger partial charge in [0.25, 0.3) is 5.89 Å². The first-order valence-electron chi connectivity index (χ1n) is 6.24. The van der Waals surface area contributed by atoms with E-state index in [4.69, 9.17) is 16.1 Å². The number of aromatic nitrogens is 2. The Balaban J connectivity index is 1.85. The molecule has 0 radical (unpaired) electrons. The molecule has 0 spiro atoms. The highest BCUT2D eigenvalue weighted by atomic mass is 79.9. The monoisotopic (exact) mass is 341 g/mol. The topological polar surface area (TPSA) is 51.0 Å². The molecule has 0 aliphatic carbocycles. The normalized spacial score (nSPS) is 19.6. The summed E-state index contributed by atoms with van der Waals surface area (Å²) in [6, 6.07) is 5.61. The zero-order valence-electron chi connectivity index (χ0n) is 10.2. The summed E-state index contributed by atoms with van der Waals surface area (Å²) in [7, 11) is 0. The molecule has 19 heavy (non-hydrogen) atoms. The highest BCUT2D eigenvalue weighted by Gasteiger charge is 2.21. The molecular formula is C13H13BrClN3O. The Morgan fingerprint density at radius 3 is 3.05 bits per heavy atom. The average molecular weight is 343 g/mol. The highest BCUT2D eigenvalue weighted by Crippen LogP contribution is 2.29. The molecule has 0 bridgehead atoms. The summed E-state index contributed by atoms with van der Waals surface area (Å²) in [6.45, 7) is 1.99. The average Bonchev–Trinajstić information content (AvgIpc) is 2.93. The predicted molar refractivity (Wildman–Crippen MR) is 77.3 cm³/mol. The molecule has 100 valence electrons. The van der Waals surface area contributed by atoms with Crippen molar-refractivity contribution in [2.24, 2.45) is 0 Å². The van der Waals surface area contributed by atoms with Crippen LogP contribution in [-0.4, -0.2) is 23.2 Å². The van der Waals surface area contributed by atoms with Gasteiger partial charge in [-0.25, -0.2) is 0 Å². The van der Waals surface area contributed by atoms with E-state index in [1.807, 2.05) is 18.2 Å². The van der Waals surface area contributed by atoms with Gasteiger partial charge in [-0.15, -0.1) is 0 Å². The molecular weight excluding hydrogens is 330 g/mol. The minimum Gasteiger partial charge on any atom is -0.334 e. The van der Waals surface area contributed by atoms with E-state index < -0.39 is 0 Å². The van der Waals surface area contributed by atoms with E-state index in [2.05, 4.69) is 31.4 Å². The van der Waals surface area contributed by atoms with Gasteiger partial charge in [-0.2, -0.15) is 4.98 Å². The van der Waals surface area contributed by atoms with Gasteiger partial charge in [-0.1, -0.05) is 16.8 Å². The first kappa shape index (κ1) is 13.1. The van der Waals surface area contributed by atoms with Gasteiger partial charge >= 0.3 is 0 Å². The number of hydrogen-bond donors (Lipinski definition) is 1. The smallest absolute Gasteiger partial charge is 0.257 e. The largest absolute Gasteiger partial charge is 0.334 e. The van der Waals surface area contributed by atoms with Gasteiger partial charge in [0.2, 0.25) is 0 Å². The van der Waals surface area contributed by atoms with Gasteiger partial charge in [0, 0.05) is 22.5 Å². The third-order valence-electron chi connectivity index (χ3n) is 3.27. The zero-order valence-corrected chi connectivity index (χ0v) is 12.5. The summed E-state index contributed by atoms with van der Waals surface area (Å²) < 4.78 is 6.19. The summed E-state index contributed by atoms with van der Waals surface area (Å²) in [5.41, 5.74) is 0.843. The van der Waals surface area contributed by atoms with Crippen LogP contribution in [0.4, 0.5) is 0 Å². The van der Waals surface area contributed by atoms with E-state index in [1.54, 1.807) is 0 Å². The fraction of sp³-hybridized carbons (Fsp3) is 0.385. The lowest BCUT2D eigenvalue weighted by Crippen LogP contribution is -2.28. The maximum absolute atomic E-state index is 6.07. The quantitative estimate of drug-likeness (QED) is 0.905. The van der Waals surface area contributed by atoms with E-state index >= 15 is 0 Å². The van der Waals surface area contributed by atoms with Crippen LogP contribution in [0.25, 0.3) is 11.5 Å². The second-order valence-electron chi connectivity index (χ2n) is 4.63. The van der Waals surface area contributed by atoms with Gasteiger partial charge in [0.05, 0.1) is 5.02 Å². The molecule has 0 amide bonds. The van der Waals surface area contributed by atoms with Crippen molar-refractivity contribution in [1.29, 1.82) is 0 Å². The van der Waals surface area contributed by atoms with E-state index in [0.717, 1.165) is 41.8 Å². The summed E-state index contributed by atoms with van der Waals surface area (Å²) >= 11 is 9.44. The summed E-state index contributed by atoms with van der Waals surface area (Å²) in [4.78, 5) is 4.48. The van der Waals surface area contributed by atoms with Gasteiger partial charge in [0.15, 0.2) is 5.82 Å². The Morgan fingerprint density at radius 1 is 1.42 bits per heavy atom. The van der Waals surface area contributed by atoms with Crippen molar-refractivity contribution >= 4 is 27.5 Å². The van der Waals surface area contributed by atoms with Crippen LogP contribution in [0, 0.1) is 0 Å². The molecule has 0 saturated carbocycles. The lowest BCUT2D eigenvalue weighted by molar-refractivity contribution is 0.393. The van der Waals surface area contributed by atoms with Crippen molar-refractivity contribution in [3.05, 3.63) is 33.5 Å². The van der Waals surface area contributed by atoms with Crippen molar-refractivity contribution in [3.63, 3.8) is 0 Å². The Hall–Kier alpha value is -0.910. The van der Waals surface area contributed by atoms with Crippen LogP contribution in [0.3, 0.4) is 0 Å². The third kappa shape index (κ3) is 2.83. The molecule has 1 atom stereocenters. The second kappa shape index (κ2) is 5.61. The number of benzene rings is 1. The van der Waals surface area contributed by atoms with Crippen LogP contribution in [0.15, 0.2) is 27.2 Å². The van der Waals surface area contributed by atoms with Gasteiger partial charge in [-0.3, -0.25) is 0 Å². The number of nitrogens with one attached hydrogen (secondary N) is 1. The van der Waals surface area contributed by atoms with E-state index in [-0.39, 0.29) is 0 Å². The summed E-state index contributed by atoms with van der Waals surface area (Å²) in [5.74, 6) is 1.65. The first-order chi connectivity index (χ1) is 9.24. The van der Waals surface area contributed by atoms with Crippen LogP contribution in [-0.2, 0) is 0 Å². The fourth-order valence-corrected chi connectivity index (χ4v) is 2.65. The van der Waals surface area contributed by atoms with Crippen LogP contribution in [0.2, 0.25) is 5.02 Å². The number of hydrogen-bond acceptors (Lipinski definition) is 4. The van der Waals surface area contributed by atoms with E-state index in [0.29, 0.717) is 16.8 Å². The Labute approximate surface area is 124 Å². The summed E-state index contributed by atoms with van der Waals surface area (Å²) in [6.07, 6.45) is 2.26. The third-order valence-corrected chi connectivity index (χ3v) is 4.50. The van der Waals surface area contributed by atoms with Gasteiger partial charge in [-0.05, 0) is 53.5 Å². The zero-order chi connectivity index (χ0) is 13.2. The van der Waals surface area contributed by atoms with Crippen molar-refractivity contribution in [2.45, 2.75) is 18.8 Å². The molecule has 1 unspecified atom stereocenters. The Morgan fingerprint density at radius 2 is 2.32 bits per heavy atom.